The summed E-state index contributed by atoms with van der Waals surface area (Å²) < 4.78 is 10.2. The summed E-state index contributed by atoms with van der Waals surface area (Å²) in [5.41, 5.74) is 1.00. The molecule has 2 aromatic rings. The quantitative estimate of drug-likeness (QED) is 0.635. The van der Waals surface area contributed by atoms with E-state index in [0.717, 1.165) is 5.56 Å². The van der Waals surface area contributed by atoms with Gasteiger partial charge in [-0.3, -0.25) is 14.9 Å². The zero-order chi connectivity index (χ0) is 17.7. The van der Waals surface area contributed by atoms with Gasteiger partial charge in [0.05, 0.1) is 18.1 Å². The van der Waals surface area contributed by atoms with Gasteiger partial charge in [0.2, 0.25) is 0 Å². The Hall–Kier alpha value is -2.80. The fraction of sp³-hybridized carbons (Fsp3) is 0.188. The van der Waals surface area contributed by atoms with Crippen molar-refractivity contribution in [2.24, 2.45) is 0 Å². The largest absolute Gasteiger partial charge is 0.496 e. The number of hydrogen-bond acceptors (Lipinski definition) is 5. The van der Waals surface area contributed by atoms with Gasteiger partial charge in [-0.2, -0.15) is 0 Å². The third-order valence-corrected chi connectivity index (χ3v) is 3.67. The minimum absolute atomic E-state index is 0.0150. The summed E-state index contributed by atoms with van der Waals surface area (Å²) in [5.74, 6) is -0.141. The number of carbonyl (C=O) groups excluding carboxylic acids is 1. The molecule has 0 radical (unpaired) electrons. The van der Waals surface area contributed by atoms with Crippen molar-refractivity contribution < 1.29 is 19.2 Å². The zero-order valence-corrected chi connectivity index (χ0v) is 13.8. The summed E-state index contributed by atoms with van der Waals surface area (Å²) in [7, 11) is 1.40. The number of anilines is 1. The van der Waals surface area contributed by atoms with Crippen molar-refractivity contribution in [1.29, 1.82) is 0 Å². The van der Waals surface area contributed by atoms with Crippen LogP contribution in [0.15, 0.2) is 36.4 Å². The Morgan fingerprint density at radius 2 is 2.08 bits per heavy atom. The molecule has 0 saturated heterocycles. The first-order valence-corrected chi connectivity index (χ1v) is 7.30. The number of nitro benzene ring substituents is 1. The number of carbonyl (C=O) groups is 1. The Kier molecular flexibility index (Phi) is 5.59. The molecule has 0 aliphatic rings. The zero-order valence-electron chi connectivity index (χ0n) is 13.0. The van der Waals surface area contributed by atoms with Crippen molar-refractivity contribution in [2.45, 2.75) is 6.92 Å². The van der Waals surface area contributed by atoms with Crippen LogP contribution in [-0.4, -0.2) is 24.5 Å². The second-order valence-corrected chi connectivity index (χ2v) is 5.25. The number of nitrogens with zero attached hydrogens (tertiary/aromatic N) is 1. The van der Waals surface area contributed by atoms with Crippen molar-refractivity contribution in [3.8, 4) is 11.5 Å². The summed E-state index contributed by atoms with van der Waals surface area (Å²) in [5, 5.41) is 14.2. The molecule has 0 unspecified atom stereocenters. The number of amides is 1. The first kappa shape index (κ1) is 17.6. The summed E-state index contributed by atoms with van der Waals surface area (Å²) in [6, 6.07) is 9.25. The third kappa shape index (κ3) is 4.14. The molecule has 0 aliphatic carbocycles. The fourth-order valence-electron chi connectivity index (χ4n) is 1.96. The molecule has 2 aromatic carbocycles. The minimum atomic E-state index is -0.600. The Morgan fingerprint density at radius 3 is 2.75 bits per heavy atom. The third-order valence-electron chi connectivity index (χ3n) is 3.26. The monoisotopic (exact) mass is 350 g/mol. The van der Waals surface area contributed by atoms with E-state index in [9.17, 15) is 14.9 Å². The van der Waals surface area contributed by atoms with Crippen molar-refractivity contribution >= 4 is 28.9 Å². The van der Waals surface area contributed by atoms with Crippen molar-refractivity contribution in [2.75, 3.05) is 19.0 Å². The molecular weight excluding hydrogens is 336 g/mol. The molecule has 0 spiro atoms. The first-order valence-electron chi connectivity index (χ1n) is 6.92. The van der Waals surface area contributed by atoms with Crippen molar-refractivity contribution in [1.82, 2.24) is 0 Å². The van der Waals surface area contributed by atoms with Crippen LogP contribution < -0.4 is 14.8 Å². The average Bonchev–Trinajstić information content (AvgIpc) is 2.57. The lowest BCUT2D eigenvalue weighted by Crippen LogP contribution is -2.21. The molecule has 1 amide bonds. The molecule has 0 aliphatic heterocycles. The summed E-state index contributed by atoms with van der Waals surface area (Å²) in [4.78, 5) is 22.4. The molecule has 0 fully saturated rings. The summed E-state index contributed by atoms with van der Waals surface area (Å²) >= 11 is 5.99. The van der Waals surface area contributed by atoms with E-state index in [0.29, 0.717) is 16.5 Å². The van der Waals surface area contributed by atoms with Gasteiger partial charge < -0.3 is 14.8 Å². The predicted molar refractivity (Wildman–Crippen MR) is 90.0 cm³/mol. The number of benzene rings is 2. The number of halogens is 1. The van der Waals surface area contributed by atoms with Gasteiger partial charge in [-0.05, 0) is 36.8 Å². The molecule has 7 nitrogen and oxygen atoms in total. The van der Waals surface area contributed by atoms with Crippen LogP contribution in [0, 0.1) is 17.0 Å². The summed E-state index contributed by atoms with van der Waals surface area (Å²) in [6.07, 6.45) is 0. The fourth-order valence-corrected chi connectivity index (χ4v) is 2.14. The molecular formula is C16H15ClN2O5. The Labute approximate surface area is 143 Å². The van der Waals surface area contributed by atoms with Crippen LogP contribution in [0.25, 0.3) is 0 Å². The number of nitrogens with one attached hydrogen (secondary N) is 1. The van der Waals surface area contributed by atoms with E-state index in [4.69, 9.17) is 21.1 Å². The van der Waals surface area contributed by atoms with E-state index < -0.39 is 10.8 Å². The second kappa shape index (κ2) is 7.65. The lowest BCUT2D eigenvalue weighted by atomic mass is 10.2. The van der Waals surface area contributed by atoms with Gasteiger partial charge in [0.15, 0.2) is 12.4 Å². The lowest BCUT2D eigenvalue weighted by molar-refractivity contribution is -0.385. The topological polar surface area (TPSA) is 90.7 Å². The van der Waals surface area contributed by atoms with Crippen LogP contribution in [0.5, 0.6) is 11.5 Å². The SMILES string of the molecule is COc1ccc(OCC(=O)Nc2cccc(Cl)c2C)c([N+](=O)[O-])c1. The van der Waals surface area contributed by atoms with Gasteiger partial charge in [-0.25, -0.2) is 0 Å². The number of methoxy groups -OCH3 is 1. The van der Waals surface area contributed by atoms with Gasteiger partial charge in [-0.1, -0.05) is 17.7 Å². The standard InChI is InChI=1S/C16H15ClN2O5/c1-10-12(17)4-3-5-13(10)18-16(20)9-24-15-7-6-11(23-2)8-14(15)19(21)22/h3-8H,9H2,1-2H3,(H,18,20). The first-order chi connectivity index (χ1) is 11.4. The number of nitro groups is 1. The number of hydrogen-bond donors (Lipinski definition) is 1. The van der Waals surface area contributed by atoms with E-state index in [1.165, 1.54) is 25.3 Å². The second-order valence-electron chi connectivity index (χ2n) is 4.84. The number of rotatable bonds is 6. The predicted octanol–water partition coefficient (Wildman–Crippen LogP) is 3.58. The maximum atomic E-state index is 12.0. The summed E-state index contributed by atoms with van der Waals surface area (Å²) in [6.45, 7) is 1.40. The molecule has 0 bridgehead atoms. The minimum Gasteiger partial charge on any atom is -0.496 e. The van der Waals surface area contributed by atoms with Gasteiger partial charge in [0.25, 0.3) is 5.91 Å². The molecule has 0 heterocycles. The van der Waals surface area contributed by atoms with Crippen LogP contribution in [0.1, 0.15) is 5.56 Å². The molecule has 2 rings (SSSR count). The molecule has 1 N–H and O–H groups in total. The Morgan fingerprint density at radius 1 is 1.33 bits per heavy atom. The highest BCUT2D eigenvalue weighted by atomic mass is 35.5. The smallest absolute Gasteiger partial charge is 0.314 e. The highest BCUT2D eigenvalue weighted by Gasteiger charge is 2.18. The Balaban J connectivity index is 2.06. The van der Waals surface area contributed by atoms with Gasteiger partial charge in [0.1, 0.15) is 5.75 Å². The molecule has 0 aromatic heterocycles. The van der Waals surface area contributed by atoms with Crippen molar-refractivity contribution in [3.05, 3.63) is 57.1 Å². The van der Waals surface area contributed by atoms with E-state index in [1.807, 2.05) is 0 Å². The van der Waals surface area contributed by atoms with Gasteiger partial charge in [-0.15, -0.1) is 0 Å². The van der Waals surface area contributed by atoms with Crippen LogP contribution in [0.2, 0.25) is 5.02 Å². The van der Waals surface area contributed by atoms with Crippen molar-refractivity contribution in [3.63, 3.8) is 0 Å². The highest BCUT2D eigenvalue weighted by Crippen LogP contribution is 2.31. The maximum absolute atomic E-state index is 12.0. The van der Waals surface area contributed by atoms with E-state index in [1.54, 1.807) is 25.1 Å². The van der Waals surface area contributed by atoms with E-state index >= 15 is 0 Å². The van der Waals surface area contributed by atoms with Crippen LogP contribution >= 0.6 is 11.6 Å². The van der Waals surface area contributed by atoms with Gasteiger partial charge in [0, 0.05) is 10.7 Å². The van der Waals surface area contributed by atoms with Crippen LogP contribution in [0.3, 0.4) is 0 Å². The Bertz CT molecular complexity index is 779. The maximum Gasteiger partial charge on any atom is 0.314 e. The molecule has 24 heavy (non-hydrogen) atoms. The lowest BCUT2D eigenvalue weighted by Gasteiger charge is -2.11. The highest BCUT2D eigenvalue weighted by molar-refractivity contribution is 6.31. The van der Waals surface area contributed by atoms with E-state index in [2.05, 4.69) is 5.32 Å². The van der Waals surface area contributed by atoms with Gasteiger partial charge >= 0.3 is 5.69 Å². The molecule has 8 heteroatoms. The number of ether oxygens (including phenoxy) is 2. The van der Waals surface area contributed by atoms with Crippen LogP contribution in [-0.2, 0) is 4.79 Å². The molecule has 0 atom stereocenters. The molecule has 0 saturated carbocycles. The van der Waals surface area contributed by atoms with E-state index in [-0.39, 0.29) is 18.0 Å². The normalized spacial score (nSPS) is 10.1. The average molecular weight is 351 g/mol. The molecule has 126 valence electrons. The van der Waals surface area contributed by atoms with Crippen LogP contribution in [0.4, 0.5) is 11.4 Å².